The standard InChI is InChI=1S/C25H26N2O2/c1-28-24-13-12-18(15-25(24)29-2)17-27-20-8-5-7-19(16-20)21-10-6-14-26-23-11-4-3-9-22(21)23/h3-5,7-9,11-16,21,27H,6,10,17H2,1-2H3. The molecular weight excluding hydrogens is 360 g/mol. The fraction of sp³-hybridized carbons (Fsp3) is 0.240. The number of rotatable bonds is 6. The molecule has 0 saturated carbocycles. The van der Waals surface area contributed by atoms with Crippen LogP contribution in [-0.2, 0) is 6.54 Å². The summed E-state index contributed by atoms with van der Waals surface area (Å²) in [6.45, 7) is 0.716. The molecule has 0 bridgehead atoms. The van der Waals surface area contributed by atoms with Crippen LogP contribution < -0.4 is 14.8 Å². The largest absolute Gasteiger partial charge is 0.493 e. The van der Waals surface area contributed by atoms with Crippen molar-refractivity contribution < 1.29 is 9.47 Å². The van der Waals surface area contributed by atoms with Gasteiger partial charge in [0.15, 0.2) is 11.5 Å². The molecule has 0 spiro atoms. The molecule has 1 aliphatic heterocycles. The third kappa shape index (κ3) is 4.27. The maximum Gasteiger partial charge on any atom is 0.161 e. The molecule has 0 saturated heterocycles. The number of para-hydroxylation sites is 1. The summed E-state index contributed by atoms with van der Waals surface area (Å²) in [6.07, 6.45) is 4.10. The Labute approximate surface area is 172 Å². The fourth-order valence-corrected chi connectivity index (χ4v) is 3.87. The molecule has 1 atom stereocenters. The van der Waals surface area contributed by atoms with Crippen LogP contribution in [0.2, 0.25) is 0 Å². The van der Waals surface area contributed by atoms with Gasteiger partial charge in [-0.3, -0.25) is 4.99 Å². The Balaban J connectivity index is 1.53. The third-order valence-corrected chi connectivity index (χ3v) is 5.36. The first-order valence-electron chi connectivity index (χ1n) is 9.94. The fourth-order valence-electron chi connectivity index (χ4n) is 3.87. The summed E-state index contributed by atoms with van der Waals surface area (Å²) >= 11 is 0. The minimum atomic E-state index is 0.358. The lowest BCUT2D eigenvalue weighted by atomic mass is 9.87. The number of benzene rings is 3. The highest BCUT2D eigenvalue weighted by molar-refractivity contribution is 5.68. The minimum absolute atomic E-state index is 0.358. The van der Waals surface area contributed by atoms with Gasteiger partial charge in [-0.05, 0) is 59.9 Å². The second kappa shape index (κ2) is 8.82. The highest BCUT2D eigenvalue weighted by Gasteiger charge is 2.19. The van der Waals surface area contributed by atoms with Crippen LogP contribution in [0.3, 0.4) is 0 Å². The zero-order chi connectivity index (χ0) is 20.1. The average Bonchev–Trinajstić information content (AvgIpc) is 3.00. The molecule has 0 amide bonds. The number of hydrogen-bond donors (Lipinski definition) is 1. The first-order valence-corrected chi connectivity index (χ1v) is 9.94. The van der Waals surface area contributed by atoms with Crippen molar-refractivity contribution in [1.29, 1.82) is 0 Å². The monoisotopic (exact) mass is 386 g/mol. The molecule has 3 aromatic carbocycles. The zero-order valence-electron chi connectivity index (χ0n) is 16.9. The van der Waals surface area contributed by atoms with E-state index in [1.807, 2.05) is 18.3 Å². The molecule has 1 heterocycles. The lowest BCUT2D eigenvalue weighted by Gasteiger charge is -2.19. The van der Waals surface area contributed by atoms with E-state index in [1.165, 1.54) is 11.1 Å². The normalized spacial score (nSPS) is 15.3. The Morgan fingerprint density at radius 1 is 0.931 bits per heavy atom. The van der Waals surface area contributed by atoms with Crippen molar-refractivity contribution in [3.8, 4) is 11.5 Å². The molecule has 148 valence electrons. The van der Waals surface area contributed by atoms with Gasteiger partial charge in [0.25, 0.3) is 0 Å². The second-order valence-corrected chi connectivity index (χ2v) is 7.17. The highest BCUT2D eigenvalue weighted by atomic mass is 16.5. The van der Waals surface area contributed by atoms with E-state index < -0.39 is 0 Å². The van der Waals surface area contributed by atoms with E-state index >= 15 is 0 Å². The smallest absolute Gasteiger partial charge is 0.161 e. The van der Waals surface area contributed by atoms with Crippen LogP contribution in [0, 0.1) is 0 Å². The summed E-state index contributed by atoms with van der Waals surface area (Å²) in [5.74, 6) is 1.85. The number of hydrogen-bond acceptors (Lipinski definition) is 4. The Morgan fingerprint density at radius 2 is 1.79 bits per heavy atom. The van der Waals surface area contributed by atoms with Crippen molar-refractivity contribution in [3.05, 3.63) is 83.4 Å². The molecule has 1 aliphatic rings. The van der Waals surface area contributed by atoms with E-state index in [9.17, 15) is 0 Å². The van der Waals surface area contributed by atoms with Crippen LogP contribution >= 0.6 is 0 Å². The van der Waals surface area contributed by atoms with E-state index in [1.54, 1.807) is 14.2 Å². The lowest BCUT2D eigenvalue weighted by molar-refractivity contribution is 0.354. The molecule has 4 nitrogen and oxygen atoms in total. The summed E-state index contributed by atoms with van der Waals surface area (Å²) in [7, 11) is 3.31. The van der Waals surface area contributed by atoms with Gasteiger partial charge in [-0.15, -0.1) is 0 Å². The number of methoxy groups -OCH3 is 2. The van der Waals surface area contributed by atoms with Crippen LogP contribution in [0.5, 0.6) is 11.5 Å². The van der Waals surface area contributed by atoms with Crippen molar-refractivity contribution in [1.82, 2.24) is 0 Å². The van der Waals surface area contributed by atoms with Gasteiger partial charge in [0.2, 0.25) is 0 Å². The Morgan fingerprint density at radius 3 is 2.66 bits per heavy atom. The maximum absolute atomic E-state index is 5.41. The molecule has 3 aromatic rings. The van der Waals surface area contributed by atoms with Crippen molar-refractivity contribution >= 4 is 17.6 Å². The van der Waals surface area contributed by atoms with Crippen LogP contribution in [0.1, 0.15) is 35.4 Å². The summed E-state index contributed by atoms with van der Waals surface area (Å²) < 4.78 is 10.7. The molecule has 29 heavy (non-hydrogen) atoms. The molecule has 1 unspecified atom stereocenters. The van der Waals surface area contributed by atoms with Gasteiger partial charge >= 0.3 is 0 Å². The topological polar surface area (TPSA) is 42.8 Å². The second-order valence-electron chi connectivity index (χ2n) is 7.17. The summed E-state index contributed by atoms with van der Waals surface area (Å²) in [5.41, 5.74) is 5.96. The average molecular weight is 386 g/mol. The summed E-state index contributed by atoms with van der Waals surface area (Å²) in [4.78, 5) is 4.63. The van der Waals surface area contributed by atoms with Gasteiger partial charge in [-0.2, -0.15) is 0 Å². The number of anilines is 1. The number of nitrogens with zero attached hydrogens (tertiary/aromatic N) is 1. The summed E-state index contributed by atoms with van der Waals surface area (Å²) in [6, 6.07) is 23.2. The molecule has 4 rings (SSSR count). The number of ether oxygens (including phenoxy) is 2. The van der Waals surface area contributed by atoms with Crippen molar-refractivity contribution in [2.75, 3.05) is 19.5 Å². The third-order valence-electron chi connectivity index (χ3n) is 5.36. The van der Waals surface area contributed by atoms with Gasteiger partial charge in [0.1, 0.15) is 0 Å². The molecule has 4 heteroatoms. The highest BCUT2D eigenvalue weighted by Crippen LogP contribution is 2.37. The van der Waals surface area contributed by atoms with Crippen LogP contribution in [0.25, 0.3) is 0 Å². The van der Waals surface area contributed by atoms with E-state index in [-0.39, 0.29) is 0 Å². The molecule has 0 aromatic heterocycles. The Bertz CT molecular complexity index is 1010. The molecule has 0 aliphatic carbocycles. The summed E-state index contributed by atoms with van der Waals surface area (Å²) in [5, 5.41) is 3.54. The maximum atomic E-state index is 5.41. The Hall–Kier alpha value is -3.27. The van der Waals surface area contributed by atoms with Gasteiger partial charge in [0.05, 0.1) is 19.9 Å². The predicted molar refractivity (Wildman–Crippen MR) is 119 cm³/mol. The first-order chi connectivity index (χ1) is 14.3. The van der Waals surface area contributed by atoms with Gasteiger partial charge in [-0.25, -0.2) is 0 Å². The number of nitrogens with one attached hydrogen (secondary N) is 1. The number of aliphatic imine (C=N–C) groups is 1. The van der Waals surface area contributed by atoms with E-state index in [4.69, 9.17) is 9.47 Å². The predicted octanol–water partition coefficient (Wildman–Crippen LogP) is 5.94. The van der Waals surface area contributed by atoms with Crippen LogP contribution in [0.4, 0.5) is 11.4 Å². The van der Waals surface area contributed by atoms with Crippen LogP contribution in [-0.4, -0.2) is 20.4 Å². The lowest BCUT2D eigenvalue weighted by Crippen LogP contribution is -2.04. The molecule has 1 N–H and O–H groups in total. The zero-order valence-corrected chi connectivity index (χ0v) is 16.9. The first kappa shape index (κ1) is 19.1. The quantitative estimate of drug-likeness (QED) is 0.570. The Kier molecular flexibility index (Phi) is 5.80. The van der Waals surface area contributed by atoms with Gasteiger partial charge < -0.3 is 14.8 Å². The van der Waals surface area contributed by atoms with Crippen molar-refractivity contribution in [2.45, 2.75) is 25.3 Å². The van der Waals surface area contributed by atoms with Gasteiger partial charge in [0, 0.05) is 24.4 Å². The van der Waals surface area contributed by atoms with Crippen molar-refractivity contribution in [2.24, 2.45) is 4.99 Å². The van der Waals surface area contributed by atoms with E-state index in [0.717, 1.165) is 41.3 Å². The SMILES string of the molecule is COc1ccc(CNc2cccc(C3CCC=Nc4ccccc43)c2)cc1OC. The molecule has 0 fully saturated rings. The van der Waals surface area contributed by atoms with Crippen LogP contribution in [0.15, 0.2) is 71.7 Å². The van der Waals surface area contributed by atoms with Crippen molar-refractivity contribution in [3.63, 3.8) is 0 Å². The van der Waals surface area contributed by atoms with E-state index in [2.05, 4.69) is 64.9 Å². The van der Waals surface area contributed by atoms with Gasteiger partial charge in [-0.1, -0.05) is 36.4 Å². The minimum Gasteiger partial charge on any atom is -0.493 e. The number of fused-ring (bicyclic) bond motifs is 1. The molecular formula is C25H26N2O2. The molecule has 0 radical (unpaired) electrons. The van der Waals surface area contributed by atoms with E-state index in [0.29, 0.717) is 12.5 Å².